The zero-order valence-electron chi connectivity index (χ0n) is 13.3. The summed E-state index contributed by atoms with van der Waals surface area (Å²) in [4.78, 5) is 11.0. The Morgan fingerprint density at radius 1 is 1.16 bits per heavy atom. The van der Waals surface area contributed by atoms with Gasteiger partial charge in [0, 0.05) is 6.04 Å². The van der Waals surface area contributed by atoms with Gasteiger partial charge in [-0.15, -0.1) is 0 Å². The molecule has 0 unspecified atom stereocenters. The topological polar surface area (TPSA) is 67.2 Å². The van der Waals surface area contributed by atoms with Crippen molar-refractivity contribution in [3.05, 3.63) is 42.2 Å². The number of nitrogens with one attached hydrogen (secondary N) is 1. The van der Waals surface area contributed by atoms with Crippen molar-refractivity contribution in [3.8, 4) is 5.69 Å². The molecule has 0 saturated heterocycles. The van der Waals surface area contributed by atoms with Crippen LogP contribution in [-0.2, 0) is 11.0 Å². The molecule has 1 fully saturated rings. The molecule has 0 amide bonds. The first kappa shape index (κ1) is 17.3. The van der Waals surface area contributed by atoms with Gasteiger partial charge in [-0.05, 0) is 49.9 Å². The number of nitrogens with zero attached hydrogens (tertiary/aromatic N) is 2. The summed E-state index contributed by atoms with van der Waals surface area (Å²) in [5, 5.41) is 16.5. The van der Waals surface area contributed by atoms with Crippen molar-refractivity contribution in [2.75, 3.05) is 5.32 Å². The second-order valence-corrected chi connectivity index (χ2v) is 6.25. The number of anilines is 1. The van der Waals surface area contributed by atoms with E-state index in [-0.39, 0.29) is 12.0 Å². The van der Waals surface area contributed by atoms with Gasteiger partial charge in [-0.1, -0.05) is 0 Å². The van der Waals surface area contributed by atoms with Crippen LogP contribution < -0.4 is 5.32 Å². The predicted molar refractivity (Wildman–Crippen MR) is 85.6 cm³/mol. The van der Waals surface area contributed by atoms with Gasteiger partial charge >= 0.3 is 12.1 Å². The van der Waals surface area contributed by atoms with Crippen molar-refractivity contribution >= 4 is 11.7 Å². The Bertz CT molecular complexity index is 732. The molecule has 25 heavy (non-hydrogen) atoms. The maximum Gasteiger partial charge on any atom is 0.416 e. The van der Waals surface area contributed by atoms with Gasteiger partial charge in [-0.25, -0.2) is 4.68 Å². The van der Waals surface area contributed by atoms with Crippen LogP contribution in [-0.4, -0.2) is 26.9 Å². The molecule has 8 heteroatoms. The monoisotopic (exact) mass is 353 g/mol. The van der Waals surface area contributed by atoms with Crippen LogP contribution in [0.1, 0.15) is 31.2 Å². The van der Waals surface area contributed by atoms with E-state index in [1.165, 1.54) is 16.8 Å². The molecule has 0 aliphatic heterocycles. The first-order chi connectivity index (χ1) is 11.8. The zero-order valence-corrected chi connectivity index (χ0v) is 13.3. The van der Waals surface area contributed by atoms with Crippen LogP contribution in [0.3, 0.4) is 0 Å². The van der Waals surface area contributed by atoms with Crippen LogP contribution in [0, 0.1) is 5.92 Å². The SMILES string of the molecule is O=C(O)C1CCC(Nc2cnn(-c3ccc(C(F)(F)F)cc3)c2)CC1. The molecule has 134 valence electrons. The van der Waals surface area contributed by atoms with Crippen LogP contribution in [0.5, 0.6) is 0 Å². The number of hydrogen-bond donors (Lipinski definition) is 2. The largest absolute Gasteiger partial charge is 0.481 e. The normalized spacial score (nSPS) is 21.1. The van der Waals surface area contributed by atoms with E-state index in [4.69, 9.17) is 5.11 Å². The molecule has 0 bridgehead atoms. The number of carboxylic acids is 1. The van der Waals surface area contributed by atoms with Crippen LogP contribution in [0.2, 0.25) is 0 Å². The third-order valence-electron chi connectivity index (χ3n) is 4.49. The second-order valence-electron chi connectivity index (χ2n) is 6.25. The van der Waals surface area contributed by atoms with Crippen LogP contribution >= 0.6 is 0 Å². The molecule has 2 aromatic rings. The number of benzene rings is 1. The fourth-order valence-electron chi connectivity index (χ4n) is 3.06. The summed E-state index contributed by atoms with van der Waals surface area (Å²) in [6, 6.07) is 4.98. The minimum Gasteiger partial charge on any atom is -0.481 e. The highest BCUT2D eigenvalue weighted by atomic mass is 19.4. The molecule has 3 rings (SSSR count). The summed E-state index contributed by atoms with van der Waals surface area (Å²) >= 11 is 0. The van der Waals surface area contributed by atoms with E-state index in [1.54, 1.807) is 12.4 Å². The fourth-order valence-corrected chi connectivity index (χ4v) is 3.06. The Kier molecular flexibility index (Phi) is 4.69. The Balaban J connectivity index is 1.62. The minimum atomic E-state index is -4.36. The van der Waals surface area contributed by atoms with E-state index in [0.29, 0.717) is 18.5 Å². The number of carboxylic acid groups (broad SMARTS) is 1. The zero-order chi connectivity index (χ0) is 18.0. The van der Waals surface area contributed by atoms with Gasteiger partial charge in [0.2, 0.25) is 0 Å². The van der Waals surface area contributed by atoms with Crippen molar-refractivity contribution in [1.29, 1.82) is 0 Å². The summed E-state index contributed by atoms with van der Waals surface area (Å²) in [6.07, 6.45) is 1.78. The number of aliphatic carboxylic acids is 1. The molecular formula is C17H18F3N3O2. The molecule has 1 aliphatic carbocycles. The fraction of sp³-hybridized carbons (Fsp3) is 0.412. The molecular weight excluding hydrogens is 335 g/mol. The number of carbonyl (C=O) groups is 1. The summed E-state index contributed by atoms with van der Waals surface area (Å²) in [7, 11) is 0. The molecule has 0 spiro atoms. The van der Waals surface area contributed by atoms with Crippen molar-refractivity contribution in [3.63, 3.8) is 0 Å². The number of hydrogen-bond acceptors (Lipinski definition) is 3. The summed E-state index contributed by atoms with van der Waals surface area (Å²) < 4.78 is 39.3. The molecule has 1 aliphatic rings. The molecule has 1 aromatic carbocycles. The third-order valence-corrected chi connectivity index (χ3v) is 4.49. The molecule has 1 saturated carbocycles. The summed E-state index contributed by atoms with van der Waals surface area (Å²) in [5.74, 6) is -1.01. The summed E-state index contributed by atoms with van der Waals surface area (Å²) in [6.45, 7) is 0. The van der Waals surface area contributed by atoms with Gasteiger partial charge in [0.15, 0.2) is 0 Å². The number of aromatic nitrogens is 2. The van der Waals surface area contributed by atoms with Crippen LogP contribution in [0.15, 0.2) is 36.7 Å². The number of alkyl halides is 3. The van der Waals surface area contributed by atoms with Crippen molar-refractivity contribution in [1.82, 2.24) is 9.78 Å². The smallest absolute Gasteiger partial charge is 0.416 e. The lowest BCUT2D eigenvalue weighted by Gasteiger charge is -2.26. The Morgan fingerprint density at radius 2 is 1.80 bits per heavy atom. The molecule has 0 radical (unpaired) electrons. The Morgan fingerprint density at radius 3 is 2.36 bits per heavy atom. The van der Waals surface area contributed by atoms with Gasteiger partial charge < -0.3 is 10.4 Å². The number of halogens is 3. The first-order valence-electron chi connectivity index (χ1n) is 8.04. The minimum absolute atomic E-state index is 0.181. The van der Waals surface area contributed by atoms with E-state index >= 15 is 0 Å². The second kappa shape index (κ2) is 6.78. The Hall–Kier alpha value is -2.51. The highest BCUT2D eigenvalue weighted by Gasteiger charge is 2.30. The highest BCUT2D eigenvalue weighted by Crippen LogP contribution is 2.30. The summed E-state index contributed by atoms with van der Waals surface area (Å²) in [5.41, 5.74) is 0.603. The van der Waals surface area contributed by atoms with E-state index in [9.17, 15) is 18.0 Å². The van der Waals surface area contributed by atoms with E-state index < -0.39 is 17.7 Å². The molecule has 5 nitrogen and oxygen atoms in total. The lowest BCUT2D eigenvalue weighted by atomic mass is 9.86. The van der Waals surface area contributed by atoms with Gasteiger partial charge in [0.25, 0.3) is 0 Å². The third kappa shape index (κ3) is 4.12. The van der Waals surface area contributed by atoms with E-state index in [0.717, 1.165) is 30.7 Å². The van der Waals surface area contributed by atoms with E-state index in [1.807, 2.05) is 0 Å². The lowest BCUT2D eigenvalue weighted by molar-refractivity contribution is -0.142. The first-order valence-corrected chi connectivity index (χ1v) is 8.04. The maximum atomic E-state index is 12.6. The van der Waals surface area contributed by atoms with Crippen LogP contribution in [0.4, 0.5) is 18.9 Å². The van der Waals surface area contributed by atoms with E-state index in [2.05, 4.69) is 10.4 Å². The Labute approximate surface area is 142 Å². The standard InChI is InChI=1S/C17H18F3N3O2/c18-17(19,20)12-3-7-15(8-4-12)23-10-14(9-21-23)22-13-5-1-11(2-6-13)16(24)25/h3-4,7-11,13,22H,1-2,5-6H2,(H,24,25). The lowest BCUT2D eigenvalue weighted by Crippen LogP contribution is -2.29. The average molecular weight is 353 g/mol. The van der Waals surface area contributed by atoms with Crippen molar-refractivity contribution in [2.24, 2.45) is 5.92 Å². The highest BCUT2D eigenvalue weighted by molar-refractivity contribution is 5.70. The average Bonchev–Trinajstić information content (AvgIpc) is 3.03. The van der Waals surface area contributed by atoms with Gasteiger partial charge in [-0.2, -0.15) is 18.3 Å². The van der Waals surface area contributed by atoms with Crippen LogP contribution in [0.25, 0.3) is 5.69 Å². The van der Waals surface area contributed by atoms with Gasteiger partial charge in [0.05, 0.1) is 35.2 Å². The van der Waals surface area contributed by atoms with Gasteiger partial charge in [0.1, 0.15) is 0 Å². The predicted octanol–water partition coefficient (Wildman–Crippen LogP) is 3.95. The number of rotatable bonds is 4. The molecule has 0 atom stereocenters. The van der Waals surface area contributed by atoms with Crippen molar-refractivity contribution < 1.29 is 23.1 Å². The quantitative estimate of drug-likeness (QED) is 0.873. The molecule has 2 N–H and O–H groups in total. The maximum absolute atomic E-state index is 12.6. The molecule has 1 aromatic heterocycles. The van der Waals surface area contributed by atoms with Crippen molar-refractivity contribution in [2.45, 2.75) is 37.9 Å². The van der Waals surface area contributed by atoms with Gasteiger partial charge in [-0.3, -0.25) is 4.79 Å². The molecule has 1 heterocycles.